The van der Waals surface area contributed by atoms with Crippen LogP contribution in [0.25, 0.3) is 6.08 Å². The van der Waals surface area contributed by atoms with Gasteiger partial charge in [0.25, 0.3) is 5.91 Å². The molecule has 0 radical (unpaired) electrons. The molecule has 0 saturated carbocycles. The Balaban J connectivity index is 1.83. The number of benzene rings is 2. The van der Waals surface area contributed by atoms with E-state index in [0.717, 1.165) is 11.3 Å². The van der Waals surface area contributed by atoms with E-state index in [9.17, 15) is 9.59 Å². The van der Waals surface area contributed by atoms with Gasteiger partial charge in [-0.15, -0.1) is 0 Å². The van der Waals surface area contributed by atoms with Crippen molar-refractivity contribution >= 4 is 29.6 Å². The predicted octanol–water partition coefficient (Wildman–Crippen LogP) is 2.62. The summed E-state index contributed by atoms with van der Waals surface area (Å²) in [5.74, 6) is 0.212. The van der Waals surface area contributed by atoms with E-state index in [2.05, 4.69) is 15.6 Å². The highest BCUT2D eigenvalue weighted by molar-refractivity contribution is 6.16. The van der Waals surface area contributed by atoms with Crippen LogP contribution < -0.4 is 15.4 Å². The second-order valence-corrected chi connectivity index (χ2v) is 5.61. The van der Waals surface area contributed by atoms with E-state index in [1.54, 1.807) is 44.4 Å². The Labute approximate surface area is 156 Å². The largest absolute Gasteiger partial charge is 0.497 e. The van der Waals surface area contributed by atoms with E-state index >= 15 is 0 Å². The molecule has 0 spiro atoms. The van der Waals surface area contributed by atoms with Gasteiger partial charge >= 0.3 is 5.97 Å². The van der Waals surface area contributed by atoms with E-state index in [4.69, 9.17) is 9.47 Å². The lowest BCUT2D eigenvalue weighted by molar-refractivity contribution is -0.115. The Morgan fingerprint density at radius 2 is 1.85 bits per heavy atom. The van der Waals surface area contributed by atoms with Crippen LogP contribution in [-0.2, 0) is 9.53 Å². The molecule has 0 unspecified atom stereocenters. The Morgan fingerprint density at radius 3 is 2.56 bits per heavy atom. The molecule has 1 amide bonds. The van der Waals surface area contributed by atoms with E-state index in [1.807, 2.05) is 24.3 Å². The lowest BCUT2D eigenvalue weighted by Gasteiger charge is -2.05. The summed E-state index contributed by atoms with van der Waals surface area (Å²) < 4.78 is 10.2. The Morgan fingerprint density at radius 1 is 1.11 bits per heavy atom. The highest BCUT2D eigenvalue weighted by Gasteiger charge is 2.22. The number of carbonyl (C=O) groups excluding carboxylic acids is 2. The van der Waals surface area contributed by atoms with Crippen molar-refractivity contribution < 1.29 is 19.1 Å². The van der Waals surface area contributed by atoms with Gasteiger partial charge in [-0.2, -0.15) is 0 Å². The highest BCUT2D eigenvalue weighted by atomic mass is 16.5. The average molecular weight is 365 g/mol. The number of carbonyl (C=O) groups is 2. The number of aliphatic imine (C=N–C) groups is 1. The summed E-state index contributed by atoms with van der Waals surface area (Å²) in [5, 5.41) is 5.58. The van der Waals surface area contributed by atoms with E-state index in [1.165, 1.54) is 0 Å². The lowest BCUT2D eigenvalue weighted by Crippen LogP contribution is -2.24. The Kier molecular flexibility index (Phi) is 5.51. The number of ether oxygens (including phenoxy) is 2. The number of esters is 1. The first-order chi connectivity index (χ1) is 13.1. The molecule has 1 heterocycles. The van der Waals surface area contributed by atoms with Crippen molar-refractivity contribution in [3.05, 3.63) is 65.4 Å². The highest BCUT2D eigenvalue weighted by Crippen LogP contribution is 2.21. The van der Waals surface area contributed by atoms with Crippen molar-refractivity contribution in [3.63, 3.8) is 0 Å². The number of hydrogen-bond acceptors (Lipinski definition) is 5. The van der Waals surface area contributed by atoms with Crippen LogP contribution in [0.15, 0.2) is 59.2 Å². The molecule has 2 aromatic carbocycles. The van der Waals surface area contributed by atoms with Crippen molar-refractivity contribution in [3.8, 4) is 5.75 Å². The van der Waals surface area contributed by atoms with Crippen molar-refractivity contribution in [1.82, 2.24) is 10.6 Å². The molecular formula is C20H19N3O4. The second kappa shape index (κ2) is 8.18. The van der Waals surface area contributed by atoms with Crippen molar-refractivity contribution in [2.75, 3.05) is 13.7 Å². The average Bonchev–Trinajstić information content (AvgIpc) is 3.02. The van der Waals surface area contributed by atoms with Gasteiger partial charge in [0.1, 0.15) is 11.4 Å². The van der Waals surface area contributed by atoms with Crippen LogP contribution in [0, 0.1) is 0 Å². The number of para-hydroxylation sites is 1. The van der Waals surface area contributed by atoms with Crippen LogP contribution in [-0.4, -0.2) is 31.6 Å². The molecule has 0 aromatic heterocycles. The summed E-state index contributed by atoms with van der Waals surface area (Å²) in [6.07, 6.45) is 1.70. The first-order valence-corrected chi connectivity index (χ1v) is 8.39. The number of nitrogens with zero attached hydrogens (tertiary/aromatic N) is 1. The minimum atomic E-state index is -0.462. The van der Waals surface area contributed by atoms with Crippen LogP contribution in [0.4, 0.5) is 5.69 Å². The maximum atomic E-state index is 12.2. The van der Waals surface area contributed by atoms with E-state index < -0.39 is 5.97 Å². The molecular weight excluding hydrogens is 346 g/mol. The van der Waals surface area contributed by atoms with E-state index in [0.29, 0.717) is 16.9 Å². The third kappa shape index (κ3) is 4.33. The van der Waals surface area contributed by atoms with Crippen LogP contribution in [0.5, 0.6) is 5.75 Å². The quantitative estimate of drug-likeness (QED) is 0.628. The summed E-state index contributed by atoms with van der Waals surface area (Å²) in [6.45, 7) is 2.01. The molecule has 0 atom stereocenters. The van der Waals surface area contributed by atoms with Gasteiger partial charge in [-0.1, -0.05) is 24.3 Å². The number of rotatable bonds is 5. The first kappa shape index (κ1) is 18.2. The third-order valence-electron chi connectivity index (χ3n) is 3.79. The molecule has 1 saturated heterocycles. The van der Waals surface area contributed by atoms with Gasteiger partial charge in [-0.25, -0.2) is 9.79 Å². The minimum absolute atomic E-state index is 0.247. The predicted molar refractivity (Wildman–Crippen MR) is 102 cm³/mol. The van der Waals surface area contributed by atoms with Gasteiger partial charge in [-0.3, -0.25) is 10.1 Å². The molecule has 27 heavy (non-hydrogen) atoms. The van der Waals surface area contributed by atoms with Crippen LogP contribution >= 0.6 is 0 Å². The zero-order valence-corrected chi connectivity index (χ0v) is 15.0. The zero-order chi connectivity index (χ0) is 19.2. The summed E-state index contributed by atoms with van der Waals surface area (Å²) in [4.78, 5) is 28.6. The van der Waals surface area contributed by atoms with Crippen LogP contribution in [0.2, 0.25) is 0 Å². The molecule has 1 aliphatic rings. The summed E-state index contributed by atoms with van der Waals surface area (Å²) >= 11 is 0. The molecule has 7 heteroatoms. The second-order valence-electron chi connectivity index (χ2n) is 5.61. The summed E-state index contributed by atoms with van der Waals surface area (Å²) in [5.41, 5.74) is 1.93. The lowest BCUT2D eigenvalue weighted by atomic mass is 10.2. The topological polar surface area (TPSA) is 89.0 Å². The Bertz CT molecular complexity index is 917. The summed E-state index contributed by atoms with van der Waals surface area (Å²) in [7, 11) is 1.59. The standard InChI is InChI=1S/C20H19N3O4/c1-3-27-19(25)15-6-4-5-7-16(15)21-20-22-17(18(24)23-20)12-13-8-10-14(26-2)11-9-13/h4-12H,3H2,1-2H3,(H2,21,22,23,24)/b17-12+. The van der Waals surface area contributed by atoms with Crippen molar-refractivity contribution in [1.29, 1.82) is 0 Å². The molecule has 1 fully saturated rings. The first-order valence-electron chi connectivity index (χ1n) is 8.39. The van der Waals surface area contributed by atoms with Crippen LogP contribution in [0.3, 0.4) is 0 Å². The molecule has 138 valence electrons. The molecule has 0 bridgehead atoms. The molecule has 2 aromatic rings. The number of guanidine groups is 1. The van der Waals surface area contributed by atoms with Gasteiger partial charge in [0.05, 0.1) is 25.0 Å². The molecule has 1 aliphatic heterocycles. The fourth-order valence-electron chi connectivity index (χ4n) is 2.49. The van der Waals surface area contributed by atoms with E-state index in [-0.39, 0.29) is 18.5 Å². The van der Waals surface area contributed by atoms with Gasteiger partial charge in [0.15, 0.2) is 0 Å². The fourth-order valence-corrected chi connectivity index (χ4v) is 2.49. The summed E-state index contributed by atoms with van der Waals surface area (Å²) in [6, 6.07) is 14.1. The number of nitrogens with one attached hydrogen (secondary N) is 2. The molecule has 2 N–H and O–H groups in total. The number of methoxy groups -OCH3 is 1. The maximum absolute atomic E-state index is 12.2. The maximum Gasteiger partial charge on any atom is 0.340 e. The third-order valence-corrected chi connectivity index (χ3v) is 3.79. The Hall–Kier alpha value is -3.61. The molecule has 0 aliphatic carbocycles. The van der Waals surface area contributed by atoms with Crippen molar-refractivity contribution in [2.45, 2.75) is 6.92 Å². The number of hydrogen-bond donors (Lipinski definition) is 2. The zero-order valence-electron chi connectivity index (χ0n) is 15.0. The minimum Gasteiger partial charge on any atom is -0.497 e. The molecule has 3 rings (SSSR count). The van der Waals surface area contributed by atoms with Crippen LogP contribution in [0.1, 0.15) is 22.8 Å². The fraction of sp³-hybridized carbons (Fsp3) is 0.150. The SMILES string of the molecule is CCOC(=O)c1ccccc1N=C1NC(=O)/C(=C\c2ccc(OC)cc2)N1. The smallest absolute Gasteiger partial charge is 0.340 e. The van der Waals surface area contributed by atoms with Gasteiger partial charge < -0.3 is 14.8 Å². The van der Waals surface area contributed by atoms with Gasteiger partial charge in [-0.05, 0) is 42.8 Å². The van der Waals surface area contributed by atoms with Gasteiger partial charge in [0, 0.05) is 0 Å². The number of amides is 1. The van der Waals surface area contributed by atoms with Gasteiger partial charge in [0.2, 0.25) is 5.96 Å². The monoisotopic (exact) mass is 365 g/mol. The van der Waals surface area contributed by atoms with Crippen molar-refractivity contribution in [2.24, 2.45) is 4.99 Å². The molecule has 7 nitrogen and oxygen atoms in total. The normalized spacial score (nSPS) is 16.1.